The minimum atomic E-state index is -0.0406. The van der Waals surface area contributed by atoms with Crippen LogP contribution in [0.2, 0.25) is 0 Å². The van der Waals surface area contributed by atoms with Gasteiger partial charge in [-0.3, -0.25) is 9.69 Å². The van der Waals surface area contributed by atoms with Crippen molar-refractivity contribution in [3.63, 3.8) is 0 Å². The number of likely N-dealkylation sites (tertiary alicyclic amines) is 1. The number of carbonyl (C=O) groups excluding carboxylic acids is 1. The number of amides is 1. The Balaban J connectivity index is 1.41. The molecule has 2 fully saturated rings. The normalized spacial score (nSPS) is 27.1. The first-order chi connectivity index (χ1) is 11.8. The Morgan fingerprint density at radius 1 is 1.46 bits per heavy atom. The third-order valence-corrected chi connectivity index (χ3v) is 5.63. The van der Waals surface area contributed by atoms with Gasteiger partial charge in [-0.15, -0.1) is 11.3 Å². The maximum atomic E-state index is 12.7. The first-order valence-corrected chi connectivity index (χ1v) is 9.20. The number of piperidine rings is 1. The van der Waals surface area contributed by atoms with Gasteiger partial charge < -0.3 is 14.5 Å². The first-order valence-electron chi connectivity index (χ1n) is 8.32. The summed E-state index contributed by atoms with van der Waals surface area (Å²) in [6.45, 7) is 3.61. The molecule has 4 rings (SSSR count). The predicted molar refractivity (Wildman–Crippen MR) is 89.3 cm³/mol. The molecule has 0 saturated carbocycles. The second-order valence-corrected chi connectivity index (χ2v) is 7.36. The third kappa shape index (κ3) is 3.38. The topological polar surface area (TPSA) is 67.6 Å². The number of rotatable bonds is 5. The number of carbonyl (C=O) groups is 1. The Morgan fingerprint density at radius 3 is 3.21 bits per heavy atom. The second kappa shape index (κ2) is 7.04. The number of hydrogen-bond acceptors (Lipinski definition) is 6. The van der Waals surface area contributed by atoms with E-state index in [1.54, 1.807) is 17.6 Å². The summed E-state index contributed by atoms with van der Waals surface area (Å²) in [5.41, 5.74) is 0. The molecule has 128 valence electrons. The van der Waals surface area contributed by atoms with Crippen LogP contribution in [0.4, 0.5) is 0 Å². The van der Waals surface area contributed by atoms with Crippen molar-refractivity contribution in [3.8, 4) is 0 Å². The van der Waals surface area contributed by atoms with Gasteiger partial charge in [0, 0.05) is 37.2 Å². The van der Waals surface area contributed by atoms with Crippen LogP contribution in [-0.2, 0) is 22.6 Å². The summed E-state index contributed by atoms with van der Waals surface area (Å²) >= 11 is 1.65. The molecule has 7 heteroatoms. The highest BCUT2D eigenvalue weighted by molar-refractivity contribution is 7.09. The Labute approximate surface area is 144 Å². The van der Waals surface area contributed by atoms with Crippen molar-refractivity contribution >= 4 is 17.2 Å². The number of nitrogens with zero attached hydrogens (tertiary/aromatic N) is 2. The molecule has 6 nitrogen and oxygen atoms in total. The van der Waals surface area contributed by atoms with E-state index in [9.17, 15) is 4.79 Å². The summed E-state index contributed by atoms with van der Waals surface area (Å²) < 4.78 is 11.2. The zero-order valence-corrected chi connectivity index (χ0v) is 14.2. The lowest BCUT2D eigenvalue weighted by Crippen LogP contribution is -2.52. The average Bonchev–Trinajstić information content (AvgIpc) is 3.33. The van der Waals surface area contributed by atoms with Gasteiger partial charge in [-0.25, -0.2) is 4.98 Å². The molecule has 2 aliphatic heterocycles. The molecule has 3 atom stereocenters. The molecule has 0 spiro atoms. The molecule has 2 saturated heterocycles. The highest BCUT2D eigenvalue weighted by Gasteiger charge is 2.43. The van der Waals surface area contributed by atoms with E-state index in [4.69, 9.17) is 9.15 Å². The first kappa shape index (κ1) is 15.8. The van der Waals surface area contributed by atoms with Crippen LogP contribution in [0.1, 0.15) is 17.2 Å². The second-order valence-electron chi connectivity index (χ2n) is 6.39. The fourth-order valence-electron chi connectivity index (χ4n) is 3.70. The van der Waals surface area contributed by atoms with Gasteiger partial charge in [0.15, 0.2) is 0 Å². The summed E-state index contributed by atoms with van der Waals surface area (Å²) in [6, 6.07) is 3.70. The molecule has 0 unspecified atom stereocenters. The molecular weight excluding hydrogens is 326 g/mol. The van der Waals surface area contributed by atoms with Gasteiger partial charge >= 0.3 is 0 Å². The fourth-order valence-corrected chi connectivity index (χ4v) is 4.36. The largest absolute Gasteiger partial charge is 0.467 e. The van der Waals surface area contributed by atoms with Crippen LogP contribution in [0, 0.1) is 11.8 Å². The van der Waals surface area contributed by atoms with Gasteiger partial charge in [0.05, 0.1) is 31.4 Å². The minimum Gasteiger partial charge on any atom is -0.467 e. The molecule has 0 aromatic carbocycles. The van der Waals surface area contributed by atoms with E-state index in [1.165, 1.54) is 0 Å². The predicted octanol–water partition coefficient (Wildman–Crippen LogP) is 1.89. The van der Waals surface area contributed by atoms with E-state index >= 15 is 0 Å². The lowest BCUT2D eigenvalue weighted by molar-refractivity contribution is -0.131. The van der Waals surface area contributed by atoms with Crippen molar-refractivity contribution in [3.05, 3.63) is 40.7 Å². The Morgan fingerprint density at radius 2 is 2.42 bits per heavy atom. The van der Waals surface area contributed by atoms with Crippen molar-refractivity contribution < 1.29 is 13.9 Å². The van der Waals surface area contributed by atoms with E-state index in [0.29, 0.717) is 12.5 Å². The highest BCUT2D eigenvalue weighted by Crippen LogP contribution is 2.34. The quantitative estimate of drug-likeness (QED) is 0.895. The van der Waals surface area contributed by atoms with Crippen molar-refractivity contribution in [1.29, 1.82) is 0 Å². The summed E-state index contributed by atoms with van der Waals surface area (Å²) in [4.78, 5) is 19.4. The number of furan rings is 1. The third-order valence-electron chi connectivity index (χ3n) is 4.87. The standard InChI is InChI=1S/C17H21N3O3S/c21-17(19-8-12-2-1-5-22-12)14-9-20(11-16-18-4-7-24-16)10-15-13(14)3-6-23-15/h1-2,4-5,7,13-15H,3,6,8-11H2,(H,19,21)/t13-,14-,15+/m0/s1. The van der Waals surface area contributed by atoms with E-state index in [0.717, 1.165) is 43.4 Å². The van der Waals surface area contributed by atoms with Gasteiger partial charge in [0.1, 0.15) is 10.8 Å². The van der Waals surface area contributed by atoms with Crippen LogP contribution >= 0.6 is 11.3 Å². The van der Waals surface area contributed by atoms with Gasteiger partial charge in [0.25, 0.3) is 0 Å². The van der Waals surface area contributed by atoms with Crippen LogP contribution in [0.15, 0.2) is 34.4 Å². The molecule has 0 bridgehead atoms. The number of hydrogen-bond donors (Lipinski definition) is 1. The average molecular weight is 347 g/mol. The van der Waals surface area contributed by atoms with Crippen LogP contribution in [-0.4, -0.2) is 41.6 Å². The van der Waals surface area contributed by atoms with Gasteiger partial charge in [-0.1, -0.05) is 0 Å². The van der Waals surface area contributed by atoms with Crippen LogP contribution < -0.4 is 5.32 Å². The molecular formula is C17H21N3O3S. The Bertz CT molecular complexity index is 659. The summed E-state index contributed by atoms with van der Waals surface area (Å²) in [7, 11) is 0. The SMILES string of the molecule is O=C(NCc1ccco1)[C@H]1CN(Cc2nccs2)C[C@H]2OCC[C@@H]12. The minimum absolute atomic E-state index is 0.0406. The summed E-state index contributed by atoms with van der Waals surface area (Å²) in [5, 5.41) is 6.09. The van der Waals surface area contributed by atoms with Crippen molar-refractivity contribution in [2.45, 2.75) is 25.6 Å². The maximum Gasteiger partial charge on any atom is 0.225 e. The number of ether oxygens (including phenoxy) is 1. The molecule has 2 aromatic heterocycles. The molecule has 0 aliphatic carbocycles. The van der Waals surface area contributed by atoms with Crippen LogP contribution in [0.3, 0.4) is 0 Å². The van der Waals surface area contributed by atoms with Crippen molar-refractivity contribution in [2.75, 3.05) is 19.7 Å². The Hall–Kier alpha value is -1.70. The lowest BCUT2D eigenvalue weighted by Gasteiger charge is -2.38. The van der Waals surface area contributed by atoms with Gasteiger partial charge in [-0.2, -0.15) is 0 Å². The van der Waals surface area contributed by atoms with Crippen LogP contribution in [0.25, 0.3) is 0 Å². The number of thiazole rings is 1. The molecule has 4 heterocycles. The summed E-state index contributed by atoms with van der Waals surface area (Å²) in [6.07, 6.45) is 4.57. The smallest absolute Gasteiger partial charge is 0.225 e. The zero-order valence-electron chi connectivity index (χ0n) is 13.4. The van der Waals surface area contributed by atoms with E-state index < -0.39 is 0 Å². The monoisotopic (exact) mass is 347 g/mol. The van der Waals surface area contributed by atoms with E-state index in [-0.39, 0.29) is 17.9 Å². The molecule has 0 radical (unpaired) electrons. The number of aromatic nitrogens is 1. The molecule has 1 amide bonds. The fraction of sp³-hybridized carbons (Fsp3) is 0.529. The molecule has 1 N–H and O–H groups in total. The summed E-state index contributed by atoms with van der Waals surface area (Å²) in [5.74, 6) is 1.14. The van der Waals surface area contributed by atoms with E-state index in [2.05, 4.69) is 15.2 Å². The molecule has 24 heavy (non-hydrogen) atoms. The van der Waals surface area contributed by atoms with Gasteiger partial charge in [0.2, 0.25) is 5.91 Å². The lowest BCUT2D eigenvalue weighted by atomic mass is 9.82. The Kier molecular flexibility index (Phi) is 4.64. The van der Waals surface area contributed by atoms with Crippen molar-refractivity contribution in [1.82, 2.24) is 15.2 Å². The van der Waals surface area contributed by atoms with Crippen molar-refractivity contribution in [2.24, 2.45) is 11.8 Å². The van der Waals surface area contributed by atoms with Gasteiger partial charge in [-0.05, 0) is 18.6 Å². The number of nitrogens with one attached hydrogen (secondary N) is 1. The molecule has 2 aliphatic rings. The zero-order chi connectivity index (χ0) is 16.4. The maximum absolute atomic E-state index is 12.7. The molecule has 2 aromatic rings. The van der Waals surface area contributed by atoms with Crippen LogP contribution in [0.5, 0.6) is 0 Å². The highest BCUT2D eigenvalue weighted by atomic mass is 32.1. The van der Waals surface area contributed by atoms with E-state index in [1.807, 2.05) is 23.7 Å². The number of fused-ring (bicyclic) bond motifs is 1.